The van der Waals surface area contributed by atoms with E-state index in [2.05, 4.69) is 82.2 Å². The average Bonchev–Trinajstić information content (AvgIpc) is 2.69. The van der Waals surface area contributed by atoms with Crippen LogP contribution in [0.1, 0.15) is 33.8 Å². The minimum atomic E-state index is 0.238. The molecule has 0 saturated carbocycles. The van der Waals surface area contributed by atoms with Crippen molar-refractivity contribution in [2.75, 3.05) is 6.54 Å². The molecule has 0 bridgehead atoms. The predicted octanol–water partition coefficient (Wildman–Crippen LogP) is 5.59. The summed E-state index contributed by atoms with van der Waals surface area (Å²) in [4.78, 5) is 2.75. The Morgan fingerprint density at radius 1 is 1.16 bits per heavy atom. The minimum Gasteiger partial charge on any atom is -0.306 e. The molecule has 0 aliphatic rings. The Hall–Kier alpha value is -0.160. The summed E-state index contributed by atoms with van der Waals surface area (Å²) in [6.07, 6.45) is 0. The van der Waals surface area contributed by atoms with Gasteiger partial charge in [0, 0.05) is 18.7 Å². The molecule has 0 radical (unpaired) electrons. The van der Waals surface area contributed by atoms with Crippen molar-refractivity contribution in [2.45, 2.75) is 26.8 Å². The van der Waals surface area contributed by atoms with Crippen LogP contribution in [0.15, 0.2) is 33.2 Å². The lowest BCUT2D eigenvalue weighted by atomic mass is 9.99. The highest BCUT2D eigenvalue weighted by Gasteiger charge is 2.19. The van der Waals surface area contributed by atoms with Gasteiger partial charge in [-0.15, -0.1) is 11.3 Å². The third kappa shape index (κ3) is 3.48. The Morgan fingerprint density at radius 2 is 1.89 bits per heavy atom. The maximum atomic E-state index is 3.67. The molecule has 1 nitrogen and oxygen atoms in total. The van der Waals surface area contributed by atoms with Gasteiger partial charge >= 0.3 is 0 Å². The van der Waals surface area contributed by atoms with Crippen LogP contribution in [0.3, 0.4) is 0 Å². The second-order valence-corrected chi connectivity index (χ2v) is 7.76. The zero-order valence-corrected chi connectivity index (χ0v) is 15.2. The standard InChI is InChI=1S/C15H17Br2NS/c1-4-18-15(12-7-9(2)19-10(12)3)13-8-11(16)5-6-14(13)17/h5-8,15,18H,4H2,1-3H3. The number of aryl methyl sites for hydroxylation is 2. The van der Waals surface area contributed by atoms with Gasteiger partial charge in [-0.05, 0) is 55.8 Å². The van der Waals surface area contributed by atoms with Crippen molar-refractivity contribution < 1.29 is 0 Å². The number of halogens is 2. The van der Waals surface area contributed by atoms with Gasteiger partial charge in [-0.25, -0.2) is 0 Å². The maximum Gasteiger partial charge on any atom is 0.0599 e. The molecule has 102 valence electrons. The molecule has 1 aromatic heterocycles. The largest absolute Gasteiger partial charge is 0.306 e. The summed E-state index contributed by atoms with van der Waals surface area (Å²) in [5, 5.41) is 3.59. The van der Waals surface area contributed by atoms with Gasteiger partial charge in [-0.3, -0.25) is 0 Å². The van der Waals surface area contributed by atoms with E-state index in [-0.39, 0.29) is 6.04 Å². The lowest BCUT2D eigenvalue weighted by Gasteiger charge is -2.20. The summed E-state index contributed by atoms with van der Waals surface area (Å²) in [5.41, 5.74) is 2.65. The molecular formula is C15H17Br2NS. The van der Waals surface area contributed by atoms with Crippen molar-refractivity contribution in [1.82, 2.24) is 5.32 Å². The smallest absolute Gasteiger partial charge is 0.0599 e. The second kappa shape index (κ2) is 6.53. The van der Waals surface area contributed by atoms with Gasteiger partial charge in [0.2, 0.25) is 0 Å². The Bertz CT molecular complexity index is 578. The van der Waals surface area contributed by atoms with Gasteiger partial charge < -0.3 is 5.32 Å². The van der Waals surface area contributed by atoms with Crippen LogP contribution in [0, 0.1) is 13.8 Å². The van der Waals surface area contributed by atoms with Gasteiger partial charge in [0.05, 0.1) is 6.04 Å². The Balaban J connectivity index is 2.51. The summed E-state index contributed by atoms with van der Waals surface area (Å²) < 4.78 is 2.25. The van der Waals surface area contributed by atoms with Crippen LogP contribution in [-0.4, -0.2) is 6.54 Å². The van der Waals surface area contributed by atoms with E-state index in [0.29, 0.717) is 0 Å². The van der Waals surface area contributed by atoms with Gasteiger partial charge in [0.1, 0.15) is 0 Å². The van der Waals surface area contributed by atoms with Crippen molar-refractivity contribution in [1.29, 1.82) is 0 Å². The summed E-state index contributed by atoms with van der Waals surface area (Å²) in [5.74, 6) is 0. The lowest BCUT2D eigenvalue weighted by Crippen LogP contribution is -2.22. The zero-order chi connectivity index (χ0) is 14.0. The highest BCUT2D eigenvalue weighted by Crippen LogP contribution is 2.35. The van der Waals surface area contributed by atoms with Crippen LogP contribution in [0.2, 0.25) is 0 Å². The molecule has 1 N–H and O–H groups in total. The SMILES string of the molecule is CCNC(c1cc(Br)ccc1Br)c1cc(C)sc1C. The van der Waals surface area contributed by atoms with Crippen molar-refractivity contribution >= 4 is 43.2 Å². The monoisotopic (exact) mass is 401 g/mol. The quantitative estimate of drug-likeness (QED) is 0.702. The fourth-order valence-corrected chi connectivity index (χ4v) is 4.08. The van der Waals surface area contributed by atoms with Crippen LogP contribution in [0.4, 0.5) is 0 Å². The van der Waals surface area contributed by atoms with Crippen LogP contribution >= 0.6 is 43.2 Å². The Morgan fingerprint density at radius 3 is 2.47 bits per heavy atom. The molecule has 1 unspecified atom stereocenters. The van der Waals surface area contributed by atoms with E-state index in [0.717, 1.165) is 15.5 Å². The van der Waals surface area contributed by atoms with Crippen molar-refractivity contribution in [3.05, 3.63) is 54.1 Å². The average molecular weight is 403 g/mol. The first-order chi connectivity index (χ1) is 9.02. The number of benzene rings is 1. The number of nitrogens with one attached hydrogen (secondary N) is 1. The van der Waals surface area contributed by atoms with Crippen LogP contribution in [0.5, 0.6) is 0 Å². The fourth-order valence-electron chi connectivity index (χ4n) is 2.26. The summed E-state index contributed by atoms with van der Waals surface area (Å²) >= 11 is 9.10. The van der Waals surface area contributed by atoms with Gasteiger partial charge in [0.15, 0.2) is 0 Å². The summed E-state index contributed by atoms with van der Waals surface area (Å²) in [6, 6.07) is 8.87. The van der Waals surface area contributed by atoms with Gasteiger partial charge in [0.25, 0.3) is 0 Å². The molecule has 0 saturated heterocycles. The van der Waals surface area contributed by atoms with E-state index >= 15 is 0 Å². The van der Waals surface area contributed by atoms with Crippen LogP contribution < -0.4 is 5.32 Å². The first-order valence-electron chi connectivity index (χ1n) is 6.28. The molecule has 1 heterocycles. The third-order valence-corrected chi connectivity index (χ3v) is 5.26. The molecule has 2 rings (SSSR count). The number of hydrogen-bond acceptors (Lipinski definition) is 2. The van der Waals surface area contributed by atoms with Crippen molar-refractivity contribution in [3.8, 4) is 0 Å². The van der Waals surface area contributed by atoms with E-state index in [1.54, 1.807) is 0 Å². The predicted molar refractivity (Wildman–Crippen MR) is 91.2 cm³/mol. The lowest BCUT2D eigenvalue weighted by molar-refractivity contribution is 0.627. The van der Waals surface area contributed by atoms with E-state index in [1.165, 1.54) is 20.9 Å². The highest BCUT2D eigenvalue weighted by molar-refractivity contribution is 9.11. The number of thiophene rings is 1. The maximum absolute atomic E-state index is 3.67. The van der Waals surface area contributed by atoms with Crippen molar-refractivity contribution in [3.63, 3.8) is 0 Å². The third-order valence-electron chi connectivity index (χ3n) is 3.07. The molecule has 0 aliphatic heterocycles. The first kappa shape index (κ1) is 15.2. The molecule has 0 amide bonds. The summed E-state index contributed by atoms with van der Waals surface area (Å²) in [6.45, 7) is 7.45. The Labute approximate surface area is 135 Å². The molecule has 0 fully saturated rings. The van der Waals surface area contributed by atoms with Gasteiger partial charge in [-0.1, -0.05) is 38.8 Å². The topological polar surface area (TPSA) is 12.0 Å². The molecule has 2 aromatic rings. The highest BCUT2D eigenvalue weighted by atomic mass is 79.9. The molecular weight excluding hydrogens is 386 g/mol. The van der Waals surface area contributed by atoms with E-state index in [4.69, 9.17) is 0 Å². The Kier molecular flexibility index (Phi) is 5.23. The van der Waals surface area contributed by atoms with E-state index < -0.39 is 0 Å². The number of rotatable bonds is 4. The second-order valence-electron chi connectivity index (χ2n) is 4.53. The first-order valence-corrected chi connectivity index (χ1v) is 8.68. The number of hydrogen-bond donors (Lipinski definition) is 1. The molecule has 1 aromatic carbocycles. The van der Waals surface area contributed by atoms with E-state index in [9.17, 15) is 0 Å². The van der Waals surface area contributed by atoms with Gasteiger partial charge in [-0.2, -0.15) is 0 Å². The van der Waals surface area contributed by atoms with Crippen LogP contribution in [-0.2, 0) is 0 Å². The summed E-state index contributed by atoms with van der Waals surface area (Å²) in [7, 11) is 0. The van der Waals surface area contributed by atoms with Crippen molar-refractivity contribution in [2.24, 2.45) is 0 Å². The molecule has 19 heavy (non-hydrogen) atoms. The molecule has 0 spiro atoms. The molecule has 4 heteroatoms. The van der Waals surface area contributed by atoms with Crippen LogP contribution in [0.25, 0.3) is 0 Å². The van der Waals surface area contributed by atoms with E-state index in [1.807, 2.05) is 11.3 Å². The fraction of sp³-hybridized carbons (Fsp3) is 0.333. The molecule has 0 aliphatic carbocycles. The molecule has 1 atom stereocenters. The normalized spacial score (nSPS) is 12.7. The minimum absolute atomic E-state index is 0.238. The zero-order valence-electron chi connectivity index (χ0n) is 11.3.